The van der Waals surface area contributed by atoms with E-state index in [1.165, 1.54) is 6.92 Å². The van der Waals surface area contributed by atoms with Gasteiger partial charge in [-0.25, -0.2) is 0 Å². The normalized spacial score (nSPS) is 11.3. The van der Waals surface area contributed by atoms with Crippen molar-refractivity contribution in [1.29, 1.82) is 0 Å². The van der Waals surface area contributed by atoms with Gasteiger partial charge in [-0.05, 0) is 12.5 Å². The van der Waals surface area contributed by atoms with Gasteiger partial charge in [0.05, 0.1) is 25.4 Å². The van der Waals surface area contributed by atoms with E-state index in [1.54, 1.807) is 0 Å². The average molecular weight is 278 g/mol. The van der Waals surface area contributed by atoms with Crippen molar-refractivity contribution in [3.63, 3.8) is 0 Å². The number of carbonyl (C=O) groups is 1. The molecule has 0 radical (unpaired) electrons. The molecule has 0 saturated heterocycles. The Labute approximate surface area is 107 Å². The van der Waals surface area contributed by atoms with Gasteiger partial charge < -0.3 is 15.2 Å². The van der Waals surface area contributed by atoms with Crippen LogP contribution >= 0.6 is 0 Å². The maximum Gasteiger partial charge on any atom is 0.573 e. The summed E-state index contributed by atoms with van der Waals surface area (Å²) in [5.41, 5.74) is 6.27. The molecule has 1 heterocycles. The van der Waals surface area contributed by atoms with Crippen LogP contribution in [-0.4, -0.2) is 24.4 Å². The molecule has 1 aromatic heterocycles. The zero-order chi connectivity index (χ0) is 14.6. The Morgan fingerprint density at radius 3 is 2.58 bits per heavy atom. The molecule has 8 heteroatoms. The number of hydrogen-bond donors (Lipinski definition) is 1. The summed E-state index contributed by atoms with van der Waals surface area (Å²) in [4.78, 5) is 15.0. The van der Waals surface area contributed by atoms with Crippen LogP contribution in [0.1, 0.15) is 16.8 Å². The highest BCUT2D eigenvalue weighted by Crippen LogP contribution is 2.29. The van der Waals surface area contributed by atoms with Gasteiger partial charge in [-0.15, -0.1) is 13.2 Å². The Kier molecular flexibility index (Phi) is 4.71. The van der Waals surface area contributed by atoms with Gasteiger partial charge in [-0.3, -0.25) is 9.78 Å². The van der Waals surface area contributed by atoms with Crippen molar-refractivity contribution < 1.29 is 27.4 Å². The second-order valence-electron chi connectivity index (χ2n) is 3.68. The summed E-state index contributed by atoms with van der Waals surface area (Å²) in [6.07, 6.45) is -4.30. The van der Waals surface area contributed by atoms with Gasteiger partial charge in [0.2, 0.25) is 0 Å². The Morgan fingerprint density at radius 1 is 1.47 bits per heavy atom. The van der Waals surface area contributed by atoms with Crippen LogP contribution < -0.4 is 10.5 Å². The van der Waals surface area contributed by atoms with Crippen LogP contribution in [0, 0.1) is 6.92 Å². The van der Waals surface area contributed by atoms with Crippen LogP contribution in [0.4, 0.5) is 13.2 Å². The maximum atomic E-state index is 12.3. The summed E-state index contributed by atoms with van der Waals surface area (Å²) in [6.45, 7) is 1.57. The fourth-order valence-corrected chi connectivity index (χ4v) is 1.52. The van der Waals surface area contributed by atoms with Gasteiger partial charge in [0.15, 0.2) is 5.75 Å². The Hall–Kier alpha value is -1.83. The average Bonchev–Trinajstić information content (AvgIpc) is 2.32. The minimum atomic E-state index is -4.86. The Bertz CT molecular complexity index is 475. The zero-order valence-corrected chi connectivity index (χ0v) is 10.4. The van der Waals surface area contributed by atoms with Crippen LogP contribution in [0.15, 0.2) is 6.20 Å². The second-order valence-corrected chi connectivity index (χ2v) is 3.68. The molecule has 0 saturated carbocycles. The molecule has 0 atom stereocenters. The van der Waals surface area contributed by atoms with E-state index in [9.17, 15) is 18.0 Å². The quantitative estimate of drug-likeness (QED) is 0.844. The summed E-state index contributed by atoms with van der Waals surface area (Å²) >= 11 is 0. The summed E-state index contributed by atoms with van der Waals surface area (Å²) in [7, 11) is 1.15. The lowest BCUT2D eigenvalue weighted by molar-refractivity contribution is -0.275. The van der Waals surface area contributed by atoms with Gasteiger partial charge in [-0.1, -0.05) is 0 Å². The highest BCUT2D eigenvalue weighted by Gasteiger charge is 2.33. The van der Waals surface area contributed by atoms with Gasteiger partial charge in [-0.2, -0.15) is 0 Å². The highest BCUT2D eigenvalue weighted by atomic mass is 19.4. The lowest BCUT2D eigenvalue weighted by Gasteiger charge is -2.16. The van der Waals surface area contributed by atoms with Crippen molar-refractivity contribution in [2.75, 3.05) is 7.11 Å². The molecule has 106 valence electrons. The van der Waals surface area contributed by atoms with Gasteiger partial charge in [0.25, 0.3) is 0 Å². The highest BCUT2D eigenvalue weighted by molar-refractivity contribution is 5.74. The van der Waals surface area contributed by atoms with Crippen molar-refractivity contribution in [3.05, 3.63) is 23.0 Å². The summed E-state index contributed by atoms with van der Waals surface area (Å²) in [5, 5.41) is 0. The van der Waals surface area contributed by atoms with Crippen molar-refractivity contribution in [2.24, 2.45) is 5.73 Å². The second kappa shape index (κ2) is 5.87. The van der Waals surface area contributed by atoms with Gasteiger partial charge in [0.1, 0.15) is 0 Å². The van der Waals surface area contributed by atoms with Gasteiger partial charge in [0, 0.05) is 12.1 Å². The topological polar surface area (TPSA) is 74.4 Å². The van der Waals surface area contributed by atoms with Crippen LogP contribution in [0.3, 0.4) is 0 Å². The summed E-state index contributed by atoms with van der Waals surface area (Å²) in [6, 6.07) is 0. The molecule has 0 unspecified atom stereocenters. The van der Waals surface area contributed by atoms with Crippen molar-refractivity contribution in [1.82, 2.24) is 4.98 Å². The first-order valence-electron chi connectivity index (χ1n) is 5.28. The molecule has 0 bridgehead atoms. The summed E-state index contributed by atoms with van der Waals surface area (Å²) < 4.78 is 45.1. The minimum absolute atomic E-state index is 0.0479. The van der Waals surface area contributed by atoms with E-state index in [-0.39, 0.29) is 18.5 Å². The number of alkyl halides is 3. The first-order valence-corrected chi connectivity index (χ1v) is 5.28. The molecule has 0 aromatic carbocycles. The molecular weight excluding hydrogens is 265 g/mol. The predicted molar refractivity (Wildman–Crippen MR) is 59.3 cm³/mol. The standard InChI is InChI=1S/C11H13F3N2O3/c1-6-7(3-10(17)18-2)9(19-11(12,13)14)5-16-8(6)4-15/h5H,3-4,15H2,1-2H3. The maximum absolute atomic E-state index is 12.3. The smallest absolute Gasteiger partial charge is 0.469 e. The molecule has 0 fully saturated rings. The molecular formula is C11H13F3N2O3. The number of aromatic nitrogens is 1. The summed E-state index contributed by atoms with van der Waals surface area (Å²) in [5.74, 6) is -1.20. The SMILES string of the molecule is COC(=O)Cc1c(OC(F)(F)F)cnc(CN)c1C. The number of carbonyl (C=O) groups excluding carboxylic acids is 1. The number of nitrogens with zero attached hydrogens (tertiary/aromatic N) is 1. The number of methoxy groups -OCH3 is 1. The molecule has 0 amide bonds. The number of hydrogen-bond acceptors (Lipinski definition) is 5. The van der Waals surface area contributed by atoms with Crippen LogP contribution in [0.5, 0.6) is 5.75 Å². The number of ether oxygens (including phenoxy) is 2. The monoisotopic (exact) mass is 278 g/mol. The van der Waals surface area contributed by atoms with E-state index in [0.717, 1.165) is 13.3 Å². The molecule has 1 aromatic rings. The lowest BCUT2D eigenvalue weighted by atomic mass is 10.0. The number of pyridine rings is 1. The number of esters is 1. The van der Waals surface area contributed by atoms with E-state index in [2.05, 4.69) is 14.5 Å². The van der Waals surface area contributed by atoms with Crippen LogP contribution in [0.2, 0.25) is 0 Å². The minimum Gasteiger partial charge on any atom is -0.469 e. The molecule has 0 aliphatic heterocycles. The molecule has 0 aliphatic carbocycles. The van der Waals surface area contributed by atoms with E-state index < -0.39 is 18.1 Å². The number of rotatable bonds is 4. The molecule has 0 aliphatic rings. The Balaban J connectivity index is 3.22. The first-order chi connectivity index (χ1) is 8.78. The van der Waals surface area contributed by atoms with Crippen LogP contribution in [0.25, 0.3) is 0 Å². The third-order valence-electron chi connectivity index (χ3n) is 2.49. The zero-order valence-electron chi connectivity index (χ0n) is 10.4. The molecule has 5 nitrogen and oxygen atoms in total. The predicted octanol–water partition coefficient (Wildman–Crippen LogP) is 1.46. The largest absolute Gasteiger partial charge is 0.573 e. The van der Waals surface area contributed by atoms with E-state index in [1.807, 2.05) is 0 Å². The van der Waals surface area contributed by atoms with Crippen molar-refractivity contribution in [3.8, 4) is 5.75 Å². The molecule has 19 heavy (non-hydrogen) atoms. The van der Waals surface area contributed by atoms with Gasteiger partial charge >= 0.3 is 12.3 Å². The third kappa shape index (κ3) is 4.09. The number of nitrogens with two attached hydrogens (primary N) is 1. The first kappa shape index (κ1) is 15.2. The third-order valence-corrected chi connectivity index (χ3v) is 2.49. The van der Waals surface area contributed by atoms with E-state index in [0.29, 0.717) is 11.3 Å². The fourth-order valence-electron chi connectivity index (χ4n) is 1.52. The van der Waals surface area contributed by atoms with Crippen LogP contribution in [-0.2, 0) is 22.5 Å². The molecule has 1 rings (SSSR count). The fraction of sp³-hybridized carbons (Fsp3) is 0.455. The van der Waals surface area contributed by atoms with E-state index in [4.69, 9.17) is 5.73 Å². The van der Waals surface area contributed by atoms with Crippen molar-refractivity contribution >= 4 is 5.97 Å². The van der Waals surface area contributed by atoms with E-state index >= 15 is 0 Å². The van der Waals surface area contributed by atoms with Crippen molar-refractivity contribution in [2.45, 2.75) is 26.3 Å². The lowest BCUT2D eigenvalue weighted by Crippen LogP contribution is -2.20. The molecule has 2 N–H and O–H groups in total. The molecule has 0 spiro atoms. The number of halogens is 3. The Morgan fingerprint density at radius 2 is 2.11 bits per heavy atom.